The topological polar surface area (TPSA) is 70.3 Å². The van der Waals surface area contributed by atoms with Gasteiger partial charge in [0.05, 0.1) is 10.2 Å². The van der Waals surface area contributed by atoms with Crippen molar-refractivity contribution in [3.63, 3.8) is 0 Å². The Hall–Kier alpha value is -0.920. The van der Waals surface area contributed by atoms with Crippen LogP contribution in [0, 0.1) is 6.92 Å². The third kappa shape index (κ3) is 2.67. The van der Waals surface area contributed by atoms with Gasteiger partial charge in [0.25, 0.3) is 0 Å². The summed E-state index contributed by atoms with van der Waals surface area (Å²) in [6.45, 7) is 5.89. The van der Waals surface area contributed by atoms with Crippen molar-refractivity contribution in [2.45, 2.75) is 6.92 Å². The van der Waals surface area contributed by atoms with Gasteiger partial charge in [0.2, 0.25) is 5.95 Å². The number of hydrazine groups is 1. The highest BCUT2D eigenvalue weighted by Crippen LogP contribution is 2.25. The van der Waals surface area contributed by atoms with Gasteiger partial charge in [-0.05, 0) is 29.9 Å². The zero-order valence-corrected chi connectivity index (χ0v) is 11.7. The molecule has 0 aromatic carbocycles. The molecule has 0 aliphatic carbocycles. The predicted molar refractivity (Wildman–Crippen MR) is 72.0 cm³/mol. The van der Waals surface area contributed by atoms with Gasteiger partial charge >= 0.3 is 0 Å². The van der Waals surface area contributed by atoms with E-state index in [9.17, 15) is 0 Å². The van der Waals surface area contributed by atoms with Crippen molar-refractivity contribution < 1.29 is 0 Å². The first-order valence-corrected chi connectivity index (χ1v) is 6.35. The number of halogens is 1. The van der Waals surface area contributed by atoms with Gasteiger partial charge in [0.15, 0.2) is 5.82 Å². The maximum Gasteiger partial charge on any atom is 0.227 e. The molecule has 0 bridgehead atoms. The molecule has 2 heterocycles. The zero-order valence-electron chi connectivity index (χ0n) is 10.1. The molecule has 1 saturated heterocycles. The number of rotatable bonds is 2. The summed E-state index contributed by atoms with van der Waals surface area (Å²) in [5.41, 5.74) is 3.48. The summed E-state index contributed by atoms with van der Waals surface area (Å²) in [4.78, 5) is 13.4. The van der Waals surface area contributed by atoms with Crippen molar-refractivity contribution in [1.29, 1.82) is 0 Å². The second-order valence-electron chi connectivity index (χ2n) is 4.21. The Morgan fingerprint density at radius 2 is 1.88 bits per heavy atom. The summed E-state index contributed by atoms with van der Waals surface area (Å²) >= 11 is 3.41. The smallest absolute Gasteiger partial charge is 0.227 e. The van der Waals surface area contributed by atoms with Crippen molar-refractivity contribution in [3.05, 3.63) is 10.2 Å². The van der Waals surface area contributed by atoms with Crippen molar-refractivity contribution in [1.82, 2.24) is 14.9 Å². The number of nitrogens with one attached hydrogen (secondary N) is 1. The summed E-state index contributed by atoms with van der Waals surface area (Å²) in [5.74, 6) is 6.82. The van der Waals surface area contributed by atoms with Gasteiger partial charge in [-0.3, -0.25) is 0 Å². The van der Waals surface area contributed by atoms with Crippen LogP contribution in [0.15, 0.2) is 4.47 Å². The quantitative estimate of drug-likeness (QED) is 0.615. The number of aryl methyl sites for hydroxylation is 1. The van der Waals surface area contributed by atoms with Crippen LogP contribution in [0.2, 0.25) is 0 Å². The largest absolute Gasteiger partial charge is 0.338 e. The first kappa shape index (κ1) is 12.5. The van der Waals surface area contributed by atoms with Crippen LogP contribution in [0.1, 0.15) is 5.69 Å². The second-order valence-corrected chi connectivity index (χ2v) is 5.00. The van der Waals surface area contributed by atoms with Crippen LogP contribution in [-0.4, -0.2) is 48.1 Å². The van der Waals surface area contributed by atoms with Gasteiger partial charge in [-0.15, -0.1) is 0 Å². The van der Waals surface area contributed by atoms with Gasteiger partial charge in [-0.1, -0.05) is 0 Å². The Labute approximate surface area is 109 Å². The predicted octanol–water partition coefficient (Wildman–Crippen LogP) is 0.585. The van der Waals surface area contributed by atoms with Crippen LogP contribution in [-0.2, 0) is 0 Å². The first-order valence-electron chi connectivity index (χ1n) is 5.56. The molecule has 0 saturated carbocycles. The molecule has 3 N–H and O–H groups in total. The normalized spacial score (nSPS) is 17.3. The van der Waals surface area contributed by atoms with Gasteiger partial charge in [-0.25, -0.2) is 10.8 Å². The third-order valence-electron chi connectivity index (χ3n) is 2.93. The lowest BCUT2D eigenvalue weighted by Crippen LogP contribution is -2.45. The fourth-order valence-corrected chi connectivity index (χ4v) is 2.08. The van der Waals surface area contributed by atoms with E-state index >= 15 is 0 Å². The molecule has 1 aromatic heterocycles. The van der Waals surface area contributed by atoms with Crippen LogP contribution in [0.5, 0.6) is 0 Å². The number of aromatic nitrogens is 2. The molecule has 94 valence electrons. The van der Waals surface area contributed by atoms with E-state index in [-0.39, 0.29) is 0 Å². The second kappa shape index (κ2) is 5.16. The standard InChI is InChI=1S/C10H17BrN6/c1-7-8(11)9(15-12)14-10(13-7)17-5-3-16(2)4-6-17/h3-6,12H2,1-2H3,(H,13,14,15). The van der Waals surface area contributed by atoms with E-state index < -0.39 is 0 Å². The number of nitrogens with zero attached hydrogens (tertiary/aromatic N) is 4. The Kier molecular flexibility index (Phi) is 3.80. The Morgan fingerprint density at radius 1 is 1.24 bits per heavy atom. The van der Waals surface area contributed by atoms with Crippen molar-refractivity contribution >= 4 is 27.7 Å². The molecule has 6 nitrogen and oxygen atoms in total. The fraction of sp³-hybridized carbons (Fsp3) is 0.600. The molecule has 1 aliphatic rings. The van der Waals surface area contributed by atoms with Crippen molar-refractivity contribution in [3.8, 4) is 0 Å². The lowest BCUT2D eigenvalue weighted by Gasteiger charge is -2.32. The van der Waals surface area contributed by atoms with Crippen LogP contribution < -0.4 is 16.2 Å². The van der Waals surface area contributed by atoms with E-state index in [1.165, 1.54) is 0 Å². The van der Waals surface area contributed by atoms with E-state index in [1.54, 1.807) is 0 Å². The molecule has 1 aromatic rings. The number of likely N-dealkylation sites (N-methyl/N-ethyl adjacent to an activating group) is 1. The maximum absolute atomic E-state index is 5.44. The molecular weight excluding hydrogens is 284 g/mol. The lowest BCUT2D eigenvalue weighted by molar-refractivity contribution is 0.311. The van der Waals surface area contributed by atoms with E-state index in [4.69, 9.17) is 5.84 Å². The summed E-state index contributed by atoms with van der Waals surface area (Å²) in [6.07, 6.45) is 0. The Balaban J connectivity index is 2.24. The van der Waals surface area contributed by atoms with Crippen molar-refractivity contribution in [2.24, 2.45) is 5.84 Å². The monoisotopic (exact) mass is 300 g/mol. The SMILES string of the molecule is Cc1nc(N2CCN(C)CC2)nc(NN)c1Br. The van der Waals surface area contributed by atoms with Crippen LogP contribution in [0.4, 0.5) is 11.8 Å². The zero-order chi connectivity index (χ0) is 12.4. The maximum atomic E-state index is 5.44. The van der Waals surface area contributed by atoms with E-state index in [0.29, 0.717) is 5.82 Å². The van der Waals surface area contributed by atoms with Crippen LogP contribution in [0.25, 0.3) is 0 Å². The Bertz CT molecular complexity index is 402. The Morgan fingerprint density at radius 3 is 2.47 bits per heavy atom. The molecule has 1 fully saturated rings. The van der Waals surface area contributed by atoms with Crippen LogP contribution >= 0.6 is 15.9 Å². The average Bonchev–Trinajstić information content (AvgIpc) is 2.33. The van der Waals surface area contributed by atoms with Crippen LogP contribution in [0.3, 0.4) is 0 Å². The molecule has 0 amide bonds. The molecular formula is C10H17BrN6. The molecule has 1 aliphatic heterocycles. The van der Waals surface area contributed by atoms with Crippen molar-refractivity contribution in [2.75, 3.05) is 43.6 Å². The van der Waals surface area contributed by atoms with Gasteiger partial charge in [0.1, 0.15) is 0 Å². The number of piperazine rings is 1. The highest BCUT2D eigenvalue weighted by molar-refractivity contribution is 9.10. The summed E-state index contributed by atoms with van der Waals surface area (Å²) in [7, 11) is 2.12. The first-order chi connectivity index (χ1) is 8.11. The van der Waals surface area contributed by atoms with E-state index in [1.807, 2.05) is 6.92 Å². The average molecular weight is 301 g/mol. The third-order valence-corrected chi connectivity index (χ3v) is 3.88. The fourth-order valence-electron chi connectivity index (χ4n) is 1.79. The number of hydrogen-bond donors (Lipinski definition) is 2. The molecule has 0 spiro atoms. The van der Waals surface area contributed by atoms with E-state index in [0.717, 1.165) is 42.3 Å². The molecule has 0 unspecified atom stereocenters. The van der Waals surface area contributed by atoms with E-state index in [2.05, 4.69) is 48.2 Å². The minimum atomic E-state index is 0.631. The van der Waals surface area contributed by atoms with Gasteiger partial charge in [0, 0.05) is 26.2 Å². The molecule has 0 atom stereocenters. The number of hydrogen-bond acceptors (Lipinski definition) is 6. The van der Waals surface area contributed by atoms with Gasteiger partial charge < -0.3 is 15.2 Å². The molecule has 2 rings (SSSR count). The summed E-state index contributed by atoms with van der Waals surface area (Å²) < 4.78 is 0.817. The number of nitrogens with two attached hydrogens (primary N) is 1. The minimum absolute atomic E-state index is 0.631. The number of anilines is 2. The number of nitrogen functional groups attached to an aromatic ring is 1. The lowest BCUT2D eigenvalue weighted by atomic mass is 10.3. The highest BCUT2D eigenvalue weighted by atomic mass is 79.9. The molecule has 17 heavy (non-hydrogen) atoms. The summed E-state index contributed by atoms with van der Waals surface area (Å²) in [6, 6.07) is 0. The van der Waals surface area contributed by atoms with Gasteiger partial charge in [-0.2, -0.15) is 4.98 Å². The molecule has 0 radical (unpaired) electrons. The minimum Gasteiger partial charge on any atom is -0.338 e. The highest BCUT2D eigenvalue weighted by Gasteiger charge is 2.18. The molecule has 7 heteroatoms. The summed E-state index contributed by atoms with van der Waals surface area (Å²) in [5, 5.41) is 0.